The number of pyridine rings is 1. The smallest absolute Gasteiger partial charge is 0.267 e. The first-order valence-electron chi connectivity index (χ1n) is 7.13. The summed E-state index contributed by atoms with van der Waals surface area (Å²) in [5.74, 6) is 0.882. The summed E-state index contributed by atoms with van der Waals surface area (Å²) < 4.78 is 18.7. The summed E-state index contributed by atoms with van der Waals surface area (Å²) in [6, 6.07) is 13.6. The monoisotopic (exact) mass is 340 g/mol. The van der Waals surface area contributed by atoms with Crippen molar-refractivity contribution < 1.29 is 9.13 Å². The predicted molar refractivity (Wildman–Crippen MR) is 91.8 cm³/mol. The van der Waals surface area contributed by atoms with Crippen molar-refractivity contribution in [2.45, 2.75) is 10.8 Å². The molecule has 0 saturated carbocycles. The number of hydrogen-bond donors (Lipinski definition) is 1. The number of methoxy groups -OCH3 is 1. The van der Waals surface area contributed by atoms with Gasteiger partial charge in [0.15, 0.2) is 0 Å². The van der Waals surface area contributed by atoms with Gasteiger partial charge in [-0.1, -0.05) is 12.1 Å². The van der Waals surface area contributed by atoms with Gasteiger partial charge < -0.3 is 9.72 Å². The van der Waals surface area contributed by atoms with Gasteiger partial charge in [-0.15, -0.1) is 11.8 Å². The van der Waals surface area contributed by atoms with Gasteiger partial charge in [-0.2, -0.15) is 5.26 Å². The third kappa shape index (κ3) is 3.12. The van der Waals surface area contributed by atoms with E-state index >= 15 is 0 Å². The van der Waals surface area contributed by atoms with Gasteiger partial charge in [0.2, 0.25) is 0 Å². The number of rotatable bonds is 4. The van der Waals surface area contributed by atoms with Gasteiger partial charge in [-0.3, -0.25) is 4.79 Å². The molecule has 0 aliphatic heterocycles. The quantitative estimate of drug-likeness (QED) is 0.733. The lowest BCUT2D eigenvalue weighted by molar-refractivity contribution is 0.414. The molecule has 0 saturated heterocycles. The Kier molecular flexibility index (Phi) is 4.54. The molecule has 2 aromatic carbocycles. The summed E-state index contributed by atoms with van der Waals surface area (Å²) in [5, 5.41) is 10.7. The minimum absolute atomic E-state index is 0.0739. The van der Waals surface area contributed by atoms with E-state index in [9.17, 15) is 9.18 Å². The Bertz CT molecular complexity index is 1010. The number of thioether (sulfide) groups is 1. The molecule has 4 nitrogen and oxygen atoms in total. The zero-order chi connectivity index (χ0) is 17.1. The van der Waals surface area contributed by atoms with Gasteiger partial charge in [0, 0.05) is 16.5 Å². The van der Waals surface area contributed by atoms with Gasteiger partial charge in [-0.25, -0.2) is 4.39 Å². The minimum atomic E-state index is -0.510. The van der Waals surface area contributed by atoms with E-state index in [-0.39, 0.29) is 5.56 Å². The fraction of sp³-hybridized carbons (Fsp3) is 0.111. The van der Waals surface area contributed by atoms with Gasteiger partial charge in [0.25, 0.3) is 5.56 Å². The molecule has 0 aliphatic rings. The summed E-state index contributed by atoms with van der Waals surface area (Å²) in [4.78, 5) is 14.8. The lowest BCUT2D eigenvalue weighted by Gasteiger charge is -2.08. The van der Waals surface area contributed by atoms with Crippen LogP contribution in [0.2, 0.25) is 0 Å². The van der Waals surface area contributed by atoms with E-state index in [1.165, 1.54) is 23.9 Å². The molecule has 0 fully saturated rings. The number of nitriles is 1. The molecule has 1 heterocycles. The Balaban J connectivity index is 2.01. The maximum absolute atomic E-state index is 13.5. The summed E-state index contributed by atoms with van der Waals surface area (Å²) >= 11 is 1.42. The van der Waals surface area contributed by atoms with E-state index in [0.717, 1.165) is 11.3 Å². The molecule has 1 aromatic heterocycles. The largest absolute Gasteiger partial charge is 0.497 e. The van der Waals surface area contributed by atoms with Crippen molar-refractivity contribution in [3.05, 3.63) is 69.8 Å². The van der Waals surface area contributed by atoms with Crippen LogP contribution in [0.4, 0.5) is 4.39 Å². The van der Waals surface area contributed by atoms with Crippen LogP contribution in [-0.2, 0) is 5.75 Å². The van der Waals surface area contributed by atoms with Crippen molar-refractivity contribution in [2.24, 2.45) is 0 Å². The van der Waals surface area contributed by atoms with E-state index in [2.05, 4.69) is 4.98 Å². The van der Waals surface area contributed by atoms with Crippen LogP contribution in [0.15, 0.2) is 52.3 Å². The molecule has 120 valence electrons. The number of H-pyrrole nitrogens is 1. The third-order valence-corrected chi connectivity index (χ3v) is 4.67. The van der Waals surface area contributed by atoms with Crippen molar-refractivity contribution in [1.29, 1.82) is 5.26 Å². The molecule has 0 bridgehead atoms. The molecular weight excluding hydrogens is 327 g/mol. The second kappa shape index (κ2) is 6.77. The molecule has 0 atom stereocenters. The first-order chi connectivity index (χ1) is 11.6. The van der Waals surface area contributed by atoms with Crippen LogP contribution in [0.5, 0.6) is 5.75 Å². The second-order valence-electron chi connectivity index (χ2n) is 5.10. The highest BCUT2D eigenvalue weighted by Gasteiger charge is 2.12. The van der Waals surface area contributed by atoms with E-state index < -0.39 is 11.4 Å². The summed E-state index contributed by atoms with van der Waals surface area (Å²) in [5.41, 5.74) is 0.443. The van der Waals surface area contributed by atoms with Crippen molar-refractivity contribution in [3.63, 3.8) is 0 Å². The zero-order valence-electron chi connectivity index (χ0n) is 12.8. The highest BCUT2D eigenvalue weighted by molar-refractivity contribution is 7.98. The highest BCUT2D eigenvalue weighted by atomic mass is 32.2. The lowest BCUT2D eigenvalue weighted by Crippen LogP contribution is -2.12. The van der Waals surface area contributed by atoms with Gasteiger partial charge in [0.1, 0.15) is 23.2 Å². The second-order valence-corrected chi connectivity index (χ2v) is 6.09. The maximum atomic E-state index is 13.5. The van der Waals surface area contributed by atoms with E-state index in [4.69, 9.17) is 10.00 Å². The highest BCUT2D eigenvalue weighted by Crippen LogP contribution is 2.30. The molecule has 3 aromatic rings. The van der Waals surface area contributed by atoms with Crippen molar-refractivity contribution in [3.8, 4) is 11.8 Å². The Labute approximate surface area is 141 Å². The average molecular weight is 340 g/mol. The molecule has 3 rings (SSSR count). The van der Waals surface area contributed by atoms with Crippen molar-refractivity contribution >= 4 is 22.5 Å². The van der Waals surface area contributed by atoms with Crippen LogP contribution in [0.3, 0.4) is 0 Å². The zero-order valence-corrected chi connectivity index (χ0v) is 13.6. The fourth-order valence-corrected chi connectivity index (χ4v) is 3.41. The molecule has 0 spiro atoms. The van der Waals surface area contributed by atoms with Crippen molar-refractivity contribution in [2.75, 3.05) is 7.11 Å². The molecule has 0 aliphatic carbocycles. The predicted octanol–water partition coefficient (Wildman–Crippen LogP) is 3.84. The van der Waals surface area contributed by atoms with Gasteiger partial charge >= 0.3 is 0 Å². The first kappa shape index (κ1) is 16.1. The Morgan fingerprint density at radius 2 is 2.08 bits per heavy atom. The fourth-order valence-electron chi connectivity index (χ4n) is 2.42. The summed E-state index contributed by atoms with van der Waals surface area (Å²) in [7, 11) is 1.60. The molecular formula is C18H13FN2O2S. The maximum Gasteiger partial charge on any atom is 0.267 e. The van der Waals surface area contributed by atoms with Crippen LogP contribution in [-0.4, -0.2) is 12.1 Å². The lowest BCUT2D eigenvalue weighted by atomic mass is 10.1. The number of aromatic amines is 1. The van der Waals surface area contributed by atoms with Crippen LogP contribution in [0, 0.1) is 17.1 Å². The Morgan fingerprint density at radius 1 is 1.25 bits per heavy atom. The molecule has 0 amide bonds. The molecule has 6 heteroatoms. The number of benzene rings is 2. The van der Waals surface area contributed by atoms with Gasteiger partial charge in [-0.05, 0) is 35.9 Å². The molecule has 0 radical (unpaired) electrons. The number of hydrogen-bond acceptors (Lipinski definition) is 4. The standard InChI is InChI=1S/C18H13FN2O2S/c1-23-13-4-2-3-11(7-13)10-24-18-14-6-5-12(19)8-15(14)16(9-20)17(22)21-18/h2-8H,10H2,1H3,(H,21,22). The topological polar surface area (TPSA) is 65.9 Å². The minimum Gasteiger partial charge on any atom is -0.497 e. The Morgan fingerprint density at radius 3 is 2.83 bits per heavy atom. The molecule has 1 N–H and O–H groups in total. The van der Waals surface area contributed by atoms with Crippen LogP contribution in [0.25, 0.3) is 10.8 Å². The molecule has 24 heavy (non-hydrogen) atoms. The van der Waals surface area contributed by atoms with Gasteiger partial charge in [0.05, 0.1) is 12.1 Å². The number of fused-ring (bicyclic) bond motifs is 1. The van der Waals surface area contributed by atoms with Crippen LogP contribution >= 0.6 is 11.8 Å². The molecule has 0 unspecified atom stereocenters. The summed E-state index contributed by atoms with van der Waals surface area (Å²) in [6.07, 6.45) is 0. The number of aromatic nitrogens is 1. The van der Waals surface area contributed by atoms with E-state index in [1.54, 1.807) is 13.2 Å². The summed E-state index contributed by atoms with van der Waals surface area (Å²) in [6.45, 7) is 0. The number of nitrogens with zero attached hydrogens (tertiary/aromatic N) is 1. The third-order valence-electron chi connectivity index (χ3n) is 3.58. The number of halogens is 1. The van der Waals surface area contributed by atoms with E-state index in [0.29, 0.717) is 21.6 Å². The average Bonchev–Trinajstić information content (AvgIpc) is 2.59. The van der Waals surface area contributed by atoms with E-state index in [1.807, 2.05) is 30.3 Å². The van der Waals surface area contributed by atoms with Crippen molar-refractivity contribution in [1.82, 2.24) is 4.98 Å². The normalized spacial score (nSPS) is 10.5. The Hall–Kier alpha value is -2.78. The first-order valence-corrected chi connectivity index (χ1v) is 8.12. The van der Waals surface area contributed by atoms with Crippen LogP contribution in [0.1, 0.15) is 11.1 Å². The van der Waals surface area contributed by atoms with Crippen LogP contribution < -0.4 is 10.3 Å². The number of ether oxygens (including phenoxy) is 1. The number of nitrogens with one attached hydrogen (secondary N) is 1. The SMILES string of the molecule is COc1cccc(CSc2[nH]c(=O)c(C#N)c3cc(F)ccc23)c1.